The Hall–Kier alpha value is -2.35. The van der Waals surface area contributed by atoms with Gasteiger partial charge < -0.3 is 4.98 Å². The molecule has 0 aliphatic carbocycles. The van der Waals surface area contributed by atoms with Crippen LogP contribution >= 0.6 is 0 Å². The van der Waals surface area contributed by atoms with Gasteiger partial charge in [0, 0.05) is 21.7 Å². The summed E-state index contributed by atoms with van der Waals surface area (Å²) in [7, 11) is 0. The van der Waals surface area contributed by atoms with Crippen LogP contribution in [0.25, 0.3) is 32.7 Å². The van der Waals surface area contributed by atoms with Crippen molar-refractivity contribution in [1.82, 2.24) is 9.97 Å². The molecular formula is C17H14N2. The molecule has 92 valence electrons. The minimum Gasteiger partial charge on any atom is -0.354 e. The van der Waals surface area contributed by atoms with Crippen LogP contribution in [0.15, 0.2) is 48.5 Å². The Morgan fingerprint density at radius 1 is 0.947 bits per heavy atom. The number of nitrogens with one attached hydrogen (secondary N) is 1. The lowest BCUT2D eigenvalue weighted by Gasteiger charge is -2.04. The van der Waals surface area contributed by atoms with E-state index < -0.39 is 0 Å². The molecule has 2 aromatic carbocycles. The Bertz CT molecular complexity index is 903. The van der Waals surface area contributed by atoms with Crippen molar-refractivity contribution in [3.63, 3.8) is 0 Å². The average Bonchev–Trinajstić information content (AvgIpc) is 2.86. The van der Waals surface area contributed by atoms with Crippen LogP contribution in [0.5, 0.6) is 0 Å². The van der Waals surface area contributed by atoms with E-state index in [9.17, 15) is 0 Å². The van der Waals surface area contributed by atoms with Gasteiger partial charge in [0.25, 0.3) is 0 Å². The van der Waals surface area contributed by atoms with Crippen molar-refractivity contribution < 1.29 is 0 Å². The molecule has 0 atom stereocenters. The van der Waals surface area contributed by atoms with E-state index >= 15 is 0 Å². The van der Waals surface area contributed by atoms with Crippen molar-refractivity contribution in [2.45, 2.75) is 13.3 Å². The van der Waals surface area contributed by atoms with Crippen LogP contribution in [0.2, 0.25) is 0 Å². The lowest BCUT2D eigenvalue weighted by atomic mass is 10.1. The quantitative estimate of drug-likeness (QED) is 0.528. The van der Waals surface area contributed by atoms with E-state index in [4.69, 9.17) is 4.98 Å². The number of rotatable bonds is 1. The first-order valence-corrected chi connectivity index (χ1v) is 6.66. The molecule has 2 heteroatoms. The zero-order valence-electron chi connectivity index (χ0n) is 10.8. The number of nitrogens with zero attached hydrogens (tertiary/aromatic N) is 1. The predicted molar refractivity (Wildman–Crippen MR) is 80.5 cm³/mol. The Balaban J connectivity index is 2.34. The highest BCUT2D eigenvalue weighted by molar-refractivity contribution is 6.17. The van der Waals surface area contributed by atoms with Crippen LogP contribution in [0.1, 0.15) is 12.6 Å². The molecule has 0 aliphatic heterocycles. The summed E-state index contributed by atoms with van der Waals surface area (Å²) < 4.78 is 0. The van der Waals surface area contributed by atoms with Gasteiger partial charge in [0.15, 0.2) is 0 Å². The van der Waals surface area contributed by atoms with E-state index in [1.807, 2.05) is 6.07 Å². The fraction of sp³-hybridized carbons (Fsp3) is 0.118. The van der Waals surface area contributed by atoms with E-state index in [0.717, 1.165) is 11.9 Å². The molecule has 0 saturated carbocycles. The third-order valence-electron chi connectivity index (χ3n) is 3.76. The molecule has 2 nitrogen and oxygen atoms in total. The Labute approximate surface area is 111 Å². The van der Waals surface area contributed by atoms with E-state index in [0.29, 0.717) is 0 Å². The van der Waals surface area contributed by atoms with Crippen molar-refractivity contribution in [2.75, 3.05) is 0 Å². The molecular weight excluding hydrogens is 232 g/mol. The van der Waals surface area contributed by atoms with Crippen LogP contribution in [0.3, 0.4) is 0 Å². The molecule has 19 heavy (non-hydrogen) atoms. The fourth-order valence-corrected chi connectivity index (χ4v) is 2.88. The molecule has 0 aliphatic rings. The van der Waals surface area contributed by atoms with Crippen LogP contribution in [-0.4, -0.2) is 9.97 Å². The van der Waals surface area contributed by atoms with Gasteiger partial charge in [-0.25, -0.2) is 0 Å². The number of hydrogen-bond acceptors (Lipinski definition) is 1. The second-order valence-electron chi connectivity index (χ2n) is 4.85. The summed E-state index contributed by atoms with van der Waals surface area (Å²) in [5.41, 5.74) is 4.64. The van der Waals surface area contributed by atoms with Crippen molar-refractivity contribution in [2.24, 2.45) is 0 Å². The normalized spacial score (nSPS) is 11.6. The summed E-state index contributed by atoms with van der Waals surface area (Å²) in [5, 5.41) is 3.75. The number of hydrogen-bond donors (Lipinski definition) is 1. The number of pyridine rings is 1. The minimum atomic E-state index is 0.948. The van der Waals surface area contributed by atoms with Gasteiger partial charge in [0.2, 0.25) is 0 Å². The van der Waals surface area contributed by atoms with Gasteiger partial charge in [-0.2, -0.15) is 0 Å². The summed E-state index contributed by atoms with van der Waals surface area (Å²) in [5.74, 6) is 0. The molecule has 0 amide bonds. The van der Waals surface area contributed by atoms with E-state index in [2.05, 4.69) is 54.4 Å². The number of benzene rings is 2. The lowest BCUT2D eigenvalue weighted by Crippen LogP contribution is -1.90. The Kier molecular flexibility index (Phi) is 2.12. The van der Waals surface area contributed by atoms with Gasteiger partial charge >= 0.3 is 0 Å². The van der Waals surface area contributed by atoms with E-state index in [-0.39, 0.29) is 0 Å². The first-order chi connectivity index (χ1) is 9.38. The highest BCUT2D eigenvalue weighted by Gasteiger charge is 2.12. The lowest BCUT2D eigenvalue weighted by molar-refractivity contribution is 1.08. The Morgan fingerprint density at radius 3 is 2.53 bits per heavy atom. The molecule has 0 radical (unpaired) electrons. The number of para-hydroxylation sites is 2. The smallest absolute Gasteiger partial charge is 0.0726 e. The largest absolute Gasteiger partial charge is 0.354 e. The van der Waals surface area contributed by atoms with Crippen molar-refractivity contribution in [3.8, 4) is 0 Å². The van der Waals surface area contributed by atoms with Gasteiger partial charge in [-0.15, -0.1) is 0 Å². The summed E-state index contributed by atoms with van der Waals surface area (Å²) >= 11 is 0. The monoisotopic (exact) mass is 246 g/mol. The van der Waals surface area contributed by atoms with E-state index in [1.165, 1.54) is 32.9 Å². The van der Waals surface area contributed by atoms with Crippen molar-refractivity contribution in [3.05, 3.63) is 54.2 Å². The van der Waals surface area contributed by atoms with Gasteiger partial charge in [0.05, 0.1) is 16.7 Å². The maximum Gasteiger partial charge on any atom is 0.0726 e. The maximum atomic E-state index is 4.82. The van der Waals surface area contributed by atoms with Crippen molar-refractivity contribution in [1.29, 1.82) is 0 Å². The number of fused-ring (bicyclic) bond motifs is 5. The van der Waals surface area contributed by atoms with Crippen molar-refractivity contribution >= 4 is 32.7 Å². The van der Waals surface area contributed by atoms with Gasteiger partial charge in [-0.3, -0.25) is 4.98 Å². The summed E-state index contributed by atoms with van der Waals surface area (Å²) in [6.45, 7) is 2.16. The van der Waals surface area contributed by atoms with E-state index in [1.54, 1.807) is 0 Å². The zero-order valence-corrected chi connectivity index (χ0v) is 10.8. The number of H-pyrrole nitrogens is 1. The fourth-order valence-electron chi connectivity index (χ4n) is 2.88. The Morgan fingerprint density at radius 2 is 1.68 bits per heavy atom. The second kappa shape index (κ2) is 3.82. The molecule has 1 N–H and O–H groups in total. The highest BCUT2D eigenvalue weighted by Crippen LogP contribution is 2.32. The first-order valence-electron chi connectivity index (χ1n) is 6.66. The molecule has 2 heterocycles. The van der Waals surface area contributed by atoms with Gasteiger partial charge in [0.1, 0.15) is 0 Å². The summed E-state index contributed by atoms with van der Waals surface area (Å²) in [4.78, 5) is 8.38. The van der Waals surface area contributed by atoms with Crippen LogP contribution in [0, 0.1) is 0 Å². The number of aromatic amines is 1. The second-order valence-corrected chi connectivity index (χ2v) is 4.85. The topological polar surface area (TPSA) is 28.7 Å². The van der Waals surface area contributed by atoms with Gasteiger partial charge in [-0.1, -0.05) is 43.3 Å². The molecule has 4 aromatic rings. The zero-order chi connectivity index (χ0) is 12.8. The molecule has 0 unspecified atom stereocenters. The molecule has 0 bridgehead atoms. The summed E-state index contributed by atoms with van der Waals surface area (Å²) in [6.07, 6.45) is 0.948. The molecule has 0 saturated heterocycles. The predicted octanol–water partition coefficient (Wildman–Crippen LogP) is 4.43. The number of aryl methyl sites for hydroxylation is 1. The molecule has 4 rings (SSSR count). The standard InChI is InChI=1S/C17H14N2/c1-2-13-16-11-7-3-5-9-14(11)19-17(16)12-8-4-6-10-15(12)18-13/h3-10,19H,2H2,1H3. The average molecular weight is 246 g/mol. The summed E-state index contributed by atoms with van der Waals surface area (Å²) in [6, 6.07) is 16.8. The van der Waals surface area contributed by atoms with Gasteiger partial charge in [-0.05, 0) is 18.6 Å². The maximum absolute atomic E-state index is 4.82. The minimum absolute atomic E-state index is 0.948. The first kappa shape index (κ1) is 10.6. The molecule has 2 aromatic heterocycles. The third kappa shape index (κ3) is 1.40. The van der Waals surface area contributed by atoms with Crippen LogP contribution < -0.4 is 0 Å². The molecule has 0 spiro atoms. The highest BCUT2D eigenvalue weighted by atomic mass is 14.8. The third-order valence-corrected chi connectivity index (χ3v) is 3.76. The van der Waals surface area contributed by atoms with Crippen LogP contribution in [0.4, 0.5) is 0 Å². The SMILES string of the molecule is CCc1nc2ccccc2c2[nH]c3ccccc3c12. The van der Waals surface area contributed by atoms with Crippen LogP contribution in [-0.2, 0) is 6.42 Å². The number of aromatic nitrogens is 2. The molecule has 0 fully saturated rings.